The van der Waals surface area contributed by atoms with E-state index in [9.17, 15) is 18.1 Å². The number of rotatable bonds is 8. The van der Waals surface area contributed by atoms with Gasteiger partial charge in [0.1, 0.15) is 0 Å². The Hall–Kier alpha value is -1.77. The van der Waals surface area contributed by atoms with Gasteiger partial charge in [-0.05, 0) is 24.5 Å². The van der Waals surface area contributed by atoms with Crippen LogP contribution in [-0.4, -0.2) is 33.4 Å². The molecule has 0 radical (unpaired) electrons. The fourth-order valence-corrected chi connectivity index (χ4v) is 7.02. The number of aromatic hydroxyl groups is 1. The average Bonchev–Trinajstić information content (AvgIpc) is 3.32. The maximum absolute atomic E-state index is 12.2. The van der Waals surface area contributed by atoms with Crippen LogP contribution in [0.5, 0.6) is 5.75 Å². The lowest BCUT2D eigenvalue weighted by molar-refractivity contribution is 0.351. The second-order valence-corrected chi connectivity index (χ2v) is 12.9. The quantitative estimate of drug-likeness (QED) is 0.328. The number of hydrogen-bond donors (Lipinski definition) is 4. The third-order valence-electron chi connectivity index (χ3n) is 4.32. The van der Waals surface area contributed by atoms with E-state index in [1.54, 1.807) is 18.3 Å². The number of anilines is 3. The number of thiophene rings is 2. The molecular formula is C18H25N5O4S4. The van der Waals surface area contributed by atoms with Gasteiger partial charge in [-0.1, -0.05) is 27.7 Å². The Morgan fingerprint density at radius 3 is 2.52 bits per heavy atom. The summed E-state index contributed by atoms with van der Waals surface area (Å²) < 4.78 is 46.7. The van der Waals surface area contributed by atoms with Gasteiger partial charge in [0.25, 0.3) is 10.0 Å². The number of nitrogens with one attached hydrogen (secondary N) is 3. The van der Waals surface area contributed by atoms with Crippen molar-refractivity contribution in [2.75, 3.05) is 17.2 Å². The molecule has 9 nitrogen and oxygen atoms in total. The predicted octanol–water partition coefficient (Wildman–Crippen LogP) is 4.58. The number of aromatic nitrogens is 2. The Balaban J connectivity index is 1.92. The molecule has 0 aliphatic carbocycles. The van der Waals surface area contributed by atoms with Gasteiger partial charge < -0.3 is 20.3 Å². The second-order valence-electron chi connectivity index (χ2n) is 7.91. The smallest absolute Gasteiger partial charge is 0.253 e. The third kappa shape index (κ3) is 5.35. The van der Waals surface area contributed by atoms with Crippen molar-refractivity contribution in [3.8, 4) is 5.75 Å². The van der Waals surface area contributed by atoms with Crippen molar-refractivity contribution >= 4 is 61.2 Å². The zero-order valence-corrected chi connectivity index (χ0v) is 21.0. The largest absolute Gasteiger partial charge is 0.546 e. The summed E-state index contributed by atoms with van der Waals surface area (Å²) in [4.78, 5) is 2.27. The van der Waals surface area contributed by atoms with Gasteiger partial charge in [-0.15, -0.1) is 22.7 Å². The summed E-state index contributed by atoms with van der Waals surface area (Å²) in [6.45, 7) is 10.1. The van der Waals surface area contributed by atoms with Gasteiger partial charge in [-0.3, -0.25) is 0 Å². The van der Waals surface area contributed by atoms with Crippen LogP contribution in [0.3, 0.4) is 0 Å². The first-order valence-electron chi connectivity index (χ1n) is 9.42. The number of hydrogen-bond acceptors (Lipinski definition) is 10. The molecule has 0 saturated heterocycles. The summed E-state index contributed by atoms with van der Waals surface area (Å²) in [5.74, 6) is 0.0271. The van der Waals surface area contributed by atoms with Crippen LogP contribution in [0, 0.1) is 12.3 Å². The molecule has 0 saturated carbocycles. The van der Waals surface area contributed by atoms with Crippen molar-refractivity contribution in [1.29, 1.82) is 0 Å². The van der Waals surface area contributed by atoms with Crippen molar-refractivity contribution in [3.05, 3.63) is 27.3 Å². The van der Waals surface area contributed by atoms with E-state index in [0.29, 0.717) is 0 Å². The maximum atomic E-state index is 12.2. The molecule has 1 unspecified atom stereocenters. The first kappa shape index (κ1) is 23.9. The van der Waals surface area contributed by atoms with Crippen molar-refractivity contribution in [3.63, 3.8) is 0 Å². The van der Waals surface area contributed by atoms with Crippen LogP contribution in [0.1, 0.15) is 43.5 Å². The van der Waals surface area contributed by atoms with E-state index in [2.05, 4.69) is 44.9 Å². The molecule has 4 N–H and O–H groups in total. The van der Waals surface area contributed by atoms with Gasteiger partial charge in [0, 0.05) is 30.4 Å². The molecular weight excluding hydrogens is 478 g/mol. The summed E-state index contributed by atoms with van der Waals surface area (Å²) in [5.41, 5.74) is -0.0417. The zero-order chi connectivity index (χ0) is 23.0. The summed E-state index contributed by atoms with van der Waals surface area (Å²) in [7, 11) is -3.82. The Morgan fingerprint density at radius 1 is 1.26 bits per heavy atom. The Morgan fingerprint density at radius 2 is 1.94 bits per heavy atom. The fourth-order valence-electron chi connectivity index (χ4n) is 2.90. The van der Waals surface area contributed by atoms with Gasteiger partial charge in [0.2, 0.25) is 11.6 Å². The molecule has 0 aliphatic rings. The highest BCUT2D eigenvalue weighted by Crippen LogP contribution is 2.43. The highest BCUT2D eigenvalue weighted by molar-refractivity contribution is 7.91. The standard InChI is InChI=1S/C18H25N5O4S4/c1-6-19-31(26,27)17-13(24)11(9-28-17)20-15-16(23-30(25)22-15)21-14(18(3,4)5)12-8-7-10(2)29-12/h7-9,14,19,24H,6H2,1-5H3,(H,20,22)(H,21,23)/t14-,30?/m0/s1. The topological polar surface area (TPSA) is 139 Å². The minimum atomic E-state index is -3.82. The van der Waals surface area contributed by atoms with Crippen LogP contribution in [0.4, 0.5) is 17.3 Å². The fraction of sp³-hybridized carbons (Fsp3) is 0.444. The molecule has 31 heavy (non-hydrogen) atoms. The first-order valence-corrected chi connectivity index (χ1v) is 13.7. The lowest BCUT2D eigenvalue weighted by Gasteiger charge is -2.30. The van der Waals surface area contributed by atoms with Gasteiger partial charge in [0.15, 0.2) is 21.1 Å². The van der Waals surface area contributed by atoms with Crippen molar-refractivity contribution < 1.29 is 18.1 Å². The molecule has 2 atom stereocenters. The minimum absolute atomic E-state index is 0.132. The van der Waals surface area contributed by atoms with Crippen LogP contribution >= 0.6 is 33.8 Å². The van der Waals surface area contributed by atoms with Gasteiger partial charge >= 0.3 is 0 Å². The molecule has 13 heteroatoms. The third-order valence-corrected chi connectivity index (χ3v) is 9.12. The average molecular weight is 504 g/mol. The summed E-state index contributed by atoms with van der Waals surface area (Å²) in [6, 6.07) is 3.95. The van der Waals surface area contributed by atoms with Crippen LogP contribution in [0.15, 0.2) is 21.7 Å². The Labute approximate surface area is 192 Å². The second kappa shape index (κ2) is 9.00. The molecule has 170 valence electrons. The summed E-state index contributed by atoms with van der Waals surface area (Å²) >= 11 is 0.708. The summed E-state index contributed by atoms with van der Waals surface area (Å²) in [5, 5.41) is 18.1. The van der Waals surface area contributed by atoms with Crippen molar-refractivity contribution in [1.82, 2.24) is 13.5 Å². The summed E-state index contributed by atoms with van der Waals surface area (Å²) in [6.07, 6.45) is 0. The SMILES string of the molecule is CCNS(=O)(=O)c1scc(Nc2n[s+]([O-])nc2N[C@@H](c2ccc(C)s2)C(C)(C)C)c1O. The minimum Gasteiger partial charge on any atom is -0.546 e. The predicted molar refractivity (Wildman–Crippen MR) is 126 cm³/mol. The Kier molecular flexibility index (Phi) is 6.93. The lowest BCUT2D eigenvalue weighted by Crippen LogP contribution is -2.25. The number of nitrogens with zero attached hydrogens (tertiary/aromatic N) is 2. The molecule has 3 rings (SSSR count). The van der Waals surface area contributed by atoms with Gasteiger partial charge in [-0.2, -0.15) is 0 Å². The highest BCUT2D eigenvalue weighted by atomic mass is 32.2. The van der Waals surface area contributed by atoms with E-state index in [0.717, 1.165) is 16.2 Å². The molecule has 3 aromatic heterocycles. The van der Waals surface area contributed by atoms with Crippen LogP contribution in [0.2, 0.25) is 0 Å². The van der Waals surface area contributed by atoms with Gasteiger partial charge in [-0.25, -0.2) is 13.1 Å². The molecule has 0 amide bonds. The molecule has 3 heterocycles. The van der Waals surface area contributed by atoms with E-state index in [4.69, 9.17) is 0 Å². The van der Waals surface area contributed by atoms with E-state index in [1.165, 1.54) is 10.3 Å². The van der Waals surface area contributed by atoms with Crippen LogP contribution in [-0.2, 0) is 10.0 Å². The molecule has 0 aromatic carbocycles. The maximum Gasteiger partial charge on any atom is 0.253 e. The van der Waals surface area contributed by atoms with Crippen LogP contribution in [0.25, 0.3) is 0 Å². The molecule has 0 aliphatic heterocycles. The molecule has 0 spiro atoms. The number of sulfonamides is 1. The first-order chi connectivity index (χ1) is 14.4. The Bertz CT molecular complexity index is 1160. The highest BCUT2D eigenvalue weighted by Gasteiger charge is 2.31. The monoisotopic (exact) mass is 503 g/mol. The van der Waals surface area contributed by atoms with E-state index in [1.807, 2.05) is 19.1 Å². The normalized spacial score (nSPS) is 13.9. The molecule has 0 bridgehead atoms. The van der Waals surface area contributed by atoms with Gasteiger partial charge in [0.05, 0.1) is 11.7 Å². The number of aryl methyl sites for hydroxylation is 1. The van der Waals surface area contributed by atoms with E-state index < -0.39 is 26.9 Å². The zero-order valence-electron chi connectivity index (χ0n) is 17.7. The van der Waals surface area contributed by atoms with E-state index in [-0.39, 0.29) is 39.5 Å². The van der Waals surface area contributed by atoms with Crippen molar-refractivity contribution in [2.45, 2.75) is 44.9 Å². The van der Waals surface area contributed by atoms with Crippen LogP contribution < -0.4 is 15.4 Å². The molecule has 3 aromatic rings. The van der Waals surface area contributed by atoms with Crippen molar-refractivity contribution in [2.24, 2.45) is 5.41 Å². The lowest BCUT2D eigenvalue weighted by atomic mass is 9.86. The van der Waals surface area contributed by atoms with E-state index >= 15 is 0 Å². The molecule has 0 fully saturated rings.